The van der Waals surface area contributed by atoms with Gasteiger partial charge in [0.1, 0.15) is 0 Å². The van der Waals surface area contributed by atoms with Crippen molar-refractivity contribution in [1.29, 1.82) is 0 Å². The third-order valence-electron chi connectivity index (χ3n) is 3.30. The molecule has 15 heavy (non-hydrogen) atoms. The fourth-order valence-electron chi connectivity index (χ4n) is 2.49. The van der Waals surface area contributed by atoms with E-state index in [1.54, 1.807) is 0 Å². The number of rotatable bonds is 5. The number of nitrogens with one attached hydrogen (secondary N) is 1. The SMILES string of the molecule is CC(C)CC(N)CNC1CCCCCC1. The highest BCUT2D eigenvalue weighted by molar-refractivity contribution is 4.74. The second-order valence-corrected chi connectivity index (χ2v) is 5.49. The molecule has 0 radical (unpaired) electrons. The molecule has 0 aromatic carbocycles. The van der Waals surface area contributed by atoms with Gasteiger partial charge in [-0.15, -0.1) is 0 Å². The van der Waals surface area contributed by atoms with E-state index in [0.717, 1.165) is 24.9 Å². The largest absolute Gasteiger partial charge is 0.327 e. The predicted octanol–water partition coefficient (Wildman–Crippen LogP) is 2.67. The highest BCUT2D eigenvalue weighted by Gasteiger charge is 2.13. The van der Waals surface area contributed by atoms with Gasteiger partial charge in [0, 0.05) is 18.6 Å². The van der Waals surface area contributed by atoms with Crippen LogP contribution < -0.4 is 11.1 Å². The van der Waals surface area contributed by atoms with Crippen LogP contribution in [0.4, 0.5) is 0 Å². The first-order valence-corrected chi connectivity index (χ1v) is 6.67. The Balaban J connectivity index is 2.11. The first kappa shape index (κ1) is 13.0. The fourth-order valence-corrected chi connectivity index (χ4v) is 2.49. The minimum Gasteiger partial charge on any atom is -0.327 e. The summed E-state index contributed by atoms with van der Waals surface area (Å²) in [5.74, 6) is 0.718. The van der Waals surface area contributed by atoms with Crippen LogP contribution in [0.25, 0.3) is 0 Å². The third kappa shape index (κ3) is 6.16. The zero-order valence-corrected chi connectivity index (χ0v) is 10.5. The van der Waals surface area contributed by atoms with Crippen LogP contribution in [0, 0.1) is 5.92 Å². The summed E-state index contributed by atoms with van der Waals surface area (Å²) < 4.78 is 0. The molecule has 3 N–H and O–H groups in total. The summed E-state index contributed by atoms with van der Waals surface area (Å²) in [6, 6.07) is 1.08. The average molecular weight is 212 g/mol. The Hall–Kier alpha value is -0.0800. The normalized spacial score (nSPS) is 21.6. The molecule has 0 bridgehead atoms. The van der Waals surface area contributed by atoms with Gasteiger partial charge in [-0.3, -0.25) is 0 Å². The monoisotopic (exact) mass is 212 g/mol. The molecule has 1 unspecified atom stereocenters. The maximum atomic E-state index is 6.07. The van der Waals surface area contributed by atoms with E-state index >= 15 is 0 Å². The summed E-state index contributed by atoms with van der Waals surface area (Å²) in [5.41, 5.74) is 6.07. The Kier molecular flexibility index (Phi) is 6.26. The third-order valence-corrected chi connectivity index (χ3v) is 3.30. The average Bonchev–Trinajstić information content (AvgIpc) is 2.41. The zero-order chi connectivity index (χ0) is 11.1. The lowest BCUT2D eigenvalue weighted by Gasteiger charge is -2.20. The first-order valence-electron chi connectivity index (χ1n) is 6.67. The molecule has 0 aromatic heterocycles. The van der Waals surface area contributed by atoms with Crippen LogP contribution in [-0.2, 0) is 0 Å². The van der Waals surface area contributed by atoms with E-state index in [1.807, 2.05) is 0 Å². The predicted molar refractivity (Wildman–Crippen MR) is 66.9 cm³/mol. The Morgan fingerprint density at radius 1 is 1.13 bits per heavy atom. The van der Waals surface area contributed by atoms with Crippen molar-refractivity contribution < 1.29 is 0 Å². The van der Waals surface area contributed by atoms with E-state index in [-0.39, 0.29) is 0 Å². The molecule has 0 aliphatic heterocycles. The van der Waals surface area contributed by atoms with Crippen molar-refractivity contribution in [3.05, 3.63) is 0 Å². The standard InChI is InChI=1S/C13H28N2/c1-11(2)9-12(14)10-15-13-7-5-3-4-6-8-13/h11-13,15H,3-10,14H2,1-2H3. The van der Waals surface area contributed by atoms with Crippen LogP contribution in [0.5, 0.6) is 0 Å². The lowest BCUT2D eigenvalue weighted by molar-refractivity contribution is 0.407. The van der Waals surface area contributed by atoms with Crippen molar-refractivity contribution in [3.63, 3.8) is 0 Å². The summed E-state index contributed by atoms with van der Waals surface area (Å²) in [6.45, 7) is 5.49. The lowest BCUT2D eigenvalue weighted by atomic mass is 10.0. The molecule has 1 saturated carbocycles. The smallest absolute Gasteiger partial charge is 0.0167 e. The molecule has 0 amide bonds. The van der Waals surface area contributed by atoms with E-state index in [1.165, 1.54) is 38.5 Å². The minimum absolute atomic E-state index is 0.341. The van der Waals surface area contributed by atoms with Gasteiger partial charge in [-0.1, -0.05) is 39.5 Å². The number of nitrogens with two attached hydrogens (primary N) is 1. The van der Waals surface area contributed by atoms with Crippen molar-refractivity contribution in [2.24, 2.45) is 11.7 Å². The summed E-state index contributed by atoms with van der Waals surface area (Å²) in [4.78, 5) is 0. The van der Waals surface area contributed by atoms with Gasteiger partial charge in [-0.2, -0.15) is 0 Å². The summed E-state index contributed by atoms with van der Waals surface area (Å²) in [5, 5.41) is 3.64. The molecule has 2 heteroatoms. The van der Waals surface area contributed by atoms with Gasteiger partial charge >= 0.3 is 0 Å². The molecule has 0 spiro atoms. The lowest BCUT2D eigenvalue weighted by Crippen LogP contribution is -2.40. The van der Waals surface area contributed by atoms with Gasteiger partial charge in [-0.05, 0) is 25.2 Å². The van der Waals surface area contributed by atoms with Crippen molar-refractivity contribution in [3.8, 4) is 0 Å². The van der Waals surface area contributed by atoms with Crippen LogP contribution >= 0.6 is 0 Å². The molecule has 0 aromatic rings. The topological polar surface area (TPSA) is 38.0 Å². The molecule has 1 aliphatic rings. The van der Waals surface area contributed by atoms with Gasteiger partial charge in [-0.25, -0.2) is 0 Å². The molecule has 0 heterocycles. The highest BCUT2D eigenvalue weighted by Crippen LogP contribution is 2.17. The molecule has 1 aliphatic carbocycles. The van der Waals surface area contributed by atoms with Gasteiger partial charge in [0.05, 0.1) is 0 Å². The van der Waals surface area contributed by atoms with Crippen molar-refractivity contribution in [2.45, 2.75) is 70.9 Å². The fraction of sp³-hybridized carbons (Fsp3) is 1.00. The summed E-state index contributed by atoms with van der Waals surface area (Å²) in [7, 11) is 0. The van der Waals surface area contributed by atoms with E-state index in [4.69, 9.17) is 5.73 Å². The van der Waals surface area contributed by atoms with Gasteiger partial charge in [0.25, 0.3) is 0 Å². The quantitative estimate of drug-likeness (QED) is 0.688. The maximum Gasteiger partial charge on any atom is 0.0167 e. The number of hydrogen-bond acceptors (Lipinski definition) is 2. The van der Waals surface area contributed by atoms with E-state index in [2.05, 4.69) is 19.2 Å². The molecule has 0 saturated heterocycles. The van der Waals surface area contributed by atoms with Gasteiger partial charge in [0.2, 0.25) is 0 Å². The van der Waals surface area contributed by atoms with E-state index in [0.29, 0.717) is 6.04 Å². The molecular weight excluding hydrogens is 184 g/mol. The van der Waals surface area contributed by atoms with Crippen molar-refractivity contribution in [2.75, 3.05) is 6.54 Å². The molecule has 1 atom stereocenters. The van der Waals surface area contributed by atoms with Crippen LogP contribution in [0.3, 0.4) is 0 Å². The Labute approximate surface area is 95.0 Å². The van der Waals surface area contributed by atoms with Crippen molar-refractivity contribution in [1.82, 2.24) is 5.32 Å². The molecule has 90 valence electrons. The van der Waals surface area contributed by atoms with Gasteiger partial charge < -0.3 is 11.1 Å². The summed E-state index contributed by atoms with van der Waals surface area (Å²) >= 11 is 0. The van der Waals surface area contributed by atoms with E-state index < -0.39 is 0 Å². The molecule has 1 fully saturated rings. The van der Waals surface area contributed by atoms with Crippen LogP contribution in [-0.4, -0.2) is 18.6 Å². The van der Waals surface area contributed by atoms with Gasteiger partial charge in [0.15, 0.2) is 0 Å². The zero-order valence-electron chi connectivity index (χ0n) is 10.5. The highest BCUT2D eigenvalue weighted by atomic mass is 14.9. The molecule has 2 nitrogen and oxygen atoms in total. The second-order valence-electron chi connectivity index (χ2n) is 5.49. The Morgan fingerprint density at radius 3 is 2.27 bits per heavy atom. The van der Waals surface area contributed by atoms with Crippen LogP contribution in [0.2, 0.25) is 0 Å². The van der Waals surface area contributed by atoms with Crippen molar-refractivity contribution >= 4 is 0 Å². The summed E-state index contributed by atoms with van der Waals surface area (Å²) in [6.07, 6.45) is 9.50. The second kappa shape index (κ2) is 7.24. The first-order chi connectivity index (χ1) is 7.18. The van der Waals surface area contributed by atoms with Crippen LogP contribution in [0.1, 0.15) is 58.8 Å². The minimum atomic E-state index is 0.341. The van der Waals surface area contributed by atoms with E-state index in [9.17, 15) is 0 Å². The Morgan fingerprint density at radius 2 is 1.73 bits per heavy atom. The Bertz CT molecular complexity index is 149. The van der Waals surface area contributed by atoms with Crippen LogP contribution in [0.15, 0.2) is 0 Å². The molecule has 1 rings (SSSR count). The molecular formula is C13H28N2. The maximum absolute atomic E-state index is 6.07. The number of hydrogen-bond donors (Lipinski definition) is 2.